The third-order valence-corrected chi connectivity index (χ3v) is 3.32. The van der Waals surface area contributed by atoms with Gasteiger partial charge in [-0.3, -0.25) is 19.9 Å². The maximum Gasteiger partial charge on any atom is 0.321 e. The lowest BCUT2D eigenvalue weighted by atomic mass is 10.2. The fraction of sp³-hybridized carbons (Fsp3) is 0.188. The van der Waals surface area contributed by atoms with Crippen LogP contribution in [-0.2, 0) is 16.1 Å². The van der Waals surface area contributed by atoms with Crippen molar-refractivity contribution in [2.24, 2.45) is 0 Å². The summed E-state index contributed by atoms with van der Waals surface area (Å²) in [5.74, 6) is -1.49. The molecule has 1 aromatic heterocycles. The molecule has 2 aromatic rings. The number of aliphatic carboxylic acids is 1. The van der Waals surface area contributed by atoms with Crippen molar-refractivity contribution in [2.45, 2.75) is 19.0 Å². The van der Waals surface area contributed by atoms with Gasteiger partial charge in [0.05, 0.1) is 12.1 Å². The molecule has 0 radical (unpaired) electrons. The maximum atomic E-state index is 12.0. The minimum absolute atomic E-state index is 0.190. The molecule has 0 fully saturated rings. The van der Waals surface area contributed by atoms with Crippen LogP contribution in [0.5, 0.6) is 0 Å². The largest absolute Gasteiger partial charge is 0.480 e. The lowest BCUT2D eigenvalue weighted by molar-refractivity contribution is -0.141. The molecule has 23 heavy (non-hydrogen) atoms. The van der Waals surface area contributed by atoms with Crippen molar-refractivity contribution in [3.8, 4) is 0 Å². The minimum Gasteiger partial charge on any atom is -0.480 e. The lowest BCUT2D eigenvalue weighted by Crippen LogP contribution is -2.39. The van der Waals surface area contributed by atoms with E-state index in [0.29, 0.717) is 16.4 Å². The number of anilines is 1. The van der Waals surface area contributed by atoms with Gasteiger partial charge in [-0.2, -0.15) is 0 Å². The van der Waals surface area contributed by atoms with E-state index in [0.717, 1.165) is 0 Å². The van der Waals surface area contributed by atoms with Gasteiger partial charge < -0.3 is 10.4 Å². The van der Waals surface area contributed by atoms with Gasteiger partial charge in [0.25, 0.3) is 0 Å². The summed E-state index contributed by atoms with van der Waals surface area (Å²) in [4.78, 5) is 27.3. The number of carbonyl (C=O) groups is 2. The summed E-state index contributed by atoms with van der Waals surface area (Å²) >= 11 is 5.77. The number of amides is 1. The van der Waals surface area contributed by atoms with Gasteiger partial charge >= 0.3 is 5.97 Å². The summed E-state index contributed by atoms with van der Waals surface area (Å²) in [6.07, 6.45) is 1.44. The van der Waals surface area contributed by atoms with Crippen molar-refractivity contribution >= 4 is 29.2 Å². The monoisotopic (exact) mass is 333 g/mol. The fourth-order valence-electron chi connectivity index (χ4n) is 1.91. The predicted octanol–water partition coefficient (Wildman–Crippen LogP) is 2.31. The normalized spacial score (nSPS) is 11.7. The van der Waals surface area contributed by atoms with Crippen LogP contribution in [0.1, 0.15) is 12.1 Å². The zero-order valence-corrected chi connectivity index (χ0v) is 13.0. The summed E-state index contributed by atoms with van der Waals surface area (Å²) in [5.41, 5.74) is 1.27. The summed E-state index contributed by atoms with van der Waals surface area (Å²) in [6, 6.07) is 11.0. The van der Waals surface area contributed by atoms with Crippen LogP contribution in [0.4, 0.5) is 5.69 Å². The van der Waals surface area contributed by atoms with Crippen LogP contribution in [0.15, 0.2) is 48.7 Å². The van der Waals surface area contributed by atoms with Crippen LogP contribution in [0.25, 0.3) is 0 Å². The number of benzene rings is 1. The van der Waals surface area contributed by atoms with Crippen molar-refractivity contribution in [1.82, 2.24) is 10.3 Å². The van der Waals surface area contributed by atoms with Crippen LogP contribution >= 0.6 is 11.6 Å². The topological polar surface area (TPSA) is 91.3 Å². The smallest absolute Gasteiger partial charge is 0.321 e. The highest BCUT2D eigenvalue weighted by Gasteiger charge is 2.20. The Morgan fingerprint density at radius 1 is 1.17 bits per heavy atom. The van der Waals surface area contributed by atoms with Crippen LogP contribution in [0.3, 0.4) is 0 Å². The molecule has 120 valence electrons. The Morgan fingerprint density at radius 2 is 1.91 bits per heavy atom. The average molecular weight is 334 g/mol. The Hall–Kier alpha value is -2.44. The number of aromatic nitrogens is 1. The van der Waals surface area contributed by atoms with Gasteiger partial charge in [0.15, 0.2) is 0 Å². The molecule has 0 aliphatic carbocycles. The van der Waals surface area contributed by atoms with Crippen molar-refractivity contribution in [2.75, 3.05) is 5.32 Å². The first kappa shape index (κ1) is 16.9. The van der Waals surface area contributed by atoms with E-state index in [1.54, 1.807) is 42.6 Å². The van der Waals surface area contributed by atoms with Crippen molar-refractivity contribution in [1.29, 1.82) is 0 Å². The molecule has 1 amide bonds. The lowest BCUT2D eigenvalue weighted by Gasteiger charge is -2.14. The van der Waals surface area contributed by atoms with E-state index in [2.05, 4.69) is 15.6 Å². The molecule has 0 bridgehead atoms. The van der Waals surface area contributed by atoms with Crippen molar-refractivity contribution < 1.29 is 14.7 Å². The highest BCUT2D eigenvalue weighted by atomic mass is 35.5. The third-order valence-electron chi connectivity index (χ3n) is 3.07. The molecule has 0 aliphatic rings. The number of rotatable bonds is 7. The molecular weight excluding hydrogens is 318 g/mol. The molecular formula is C16H16ClN3O3. The molecule has 1 atom stereocenters. The number of hydrogen-bond acceptors (Lipinski definition) is 4. The molecule has 3 N–H and O–H groups in total. The first-order valence-corrected chi connectivity index (χ1v) is 7.34. The molecule has 0 spiro atoms. The standard InChI is InChI=1S/C16H16ClN3O3/c17-11-4-6-12(7-5-11)20-15(21)9-14(16(22)23)19-10-13-3-1-2-8-18-13/h1-8,14,19H,9-10H2,(H,20,21)(H,22,23). The predicted molar refractivity (Wildman–Crippen MR) is 87.2 cm³/mol. The van der Waals surface area contributed by atoms with Crippen LogP contribution < -0.4 is 10.6 Å². The van der Waals surface area contributed by atoms with E-state index < -0.39 is 17.9 Å². The summed E-state index contributed by atoms with van der Waals surface area (Å²) < 4.78 is 0. The Balaban J connectivity index is 1.89. The Morgan fingerprint density at radius 3 is 2.52 bits per heavy atom. The van der Waals surface area contributed by atoms with Crippen molar-refractivity contribution in [3.63, 3.8) is 0 Å². The first-order valence-electron chi connectivity index (χ1n) is 6.96. The molecule has 2 rings (SSSR count). The van der Waals surface area contributed by atoms with E-state index >= 15 is 0 Å². The highest BCUT2D eigenvalue weighted by Crippen LogP contribution is 2.13. The van der Waals surface area contributed by atoms with Gasteiger partial charge in [0.1, 0.15) is 6.04 Å². The quantitative estimate of drug-likeness (QED) is 0.723. The molecule has 0 saturated heterocycles. The summed E-state index contributed by atoms with van der Waals surface area (Å²) in [6.45, 7) is 0.270. The number of nitrogens with zero attached hydrogens (tertiary/aromatic N) is 1. The number of hydrogen-bond donors (Lipinski definition) is 3. The molecule has 6 nitrogen and oxygen atoms in total. The Bertz CT molecular complexity index is 662. The zero-order valence-electron chi connectivity index (χ0n) is 12.2. The third kappa shape index (κ3) is 5.69. The van der Waals surface area contributed by atoms with Crippen LogP contribution in [-0.4, -0.2) is 28.0 Å². The SMILES string of the molecule is O=C(CC(NCc1ccccn1)C(=O)O)Nc1ccc(Cl)cc1. The molecule has 1 unspecified atom stereocenters. The van der Waals surface area contributed by atoms with Gasteiger partial charge in [-0.15, -0.1) is 0 Å². The van der Waals surface area contributed by atoms with Crippen LogP contribution in [0, 0.1) is 0 Å². The minimum atomic E-state index is -1.09. The second kappa shape index (κ2) is 8.26. The van der Waals surface area contributed by atoms with Gasteiger partial charge in [-0.1, -0.05) is 17.7 Å². The maximum absolute atomic E-state index is 12.0. The molecule has 1 aromatic carbocycles. The van der Waals surface area contributed by atoms with E-state index in [1.165, 1.54) is 0 Å². The second-order valence-electron chi connectivity index (χ2n) is 4.85. The van der Waals surface area contributed by atoms with Crippen LogP contribution in [0.2, 0.25) is 5.02 Å². The highest BCUT2D eigenvalue weighted by molar-refractivity contribution is 6.30. The Kier molecular flexibility index (Phi) is 6.08. The van der Waals surface area contributed by atoms with E-state index in [9.17, 15) is 14.7 Å². The average Bonchev–Trinajstić information content (AvgIpc) is 2.54. The van der Waals surface area contributed by atoms with Crippen molar-refractivity contribution in [3.05, 3.63) is 59.4 Å². The number of carboxylic acids is 1. The van der Waals surface area contributed by atoms with Gasteiger partial charge in [-0.05, 0) is 36.4 Å². The van der Waals surface area contributed by atoms with E-state index in [1.807, 2.05) is 6.07 Å². The number of carboxylic acid groups (broad SMARTS) is 1. The Labute approximate surface area is 138 Å². The van der Waals surface area contributed by atoms with Gasteiger partial charge in [0, 0.05) is 23.5 Å². The van der Waals surface area contributed by atoms with Gasteiger partial charge in [-0.25, -0.2) is 0 Å². The molecule has 0 aliphatic heterocycles. The first-order chi connectivity index (χ1) is 11.0. The van der Waals surface area contributed by atoms with E-state index in [4.69, 9.17) is 11.6 Å². The summed E-state index contributed by atoms with van der Waals surface area (Å²) in [5, 5.41) is 15.2. The summed E-state index contributed by atoms with van der Waals surface area (Å²) in [7, 11) is 0. The second-order valence-corrected chi connectivity index (χ2v) is 5.29. The molecule has 1 heterocycles. The number of pyridine rings is 1. The molecule has 0 saturated carbocycles. The number of halogens is 1. The van der Waals surface area contributed by atoms with E-state index in [-0.39, 0.29) is 13.0 Å². The van der Waals surface area contributed by atoms with Gasteiger partial charge in [0.2, 0.25) is 5.91 Å². The molecule has 7 heteroatoms. The fourth-order valence-corrected chi connectivity index (χ4v) is 2.03. The zero-order chi connectivity index (χ0) is 16.7. The number of carbonyl (C=O) groups excluding carboxylic acids is 1. The number of nitrogens with one attached hydrogen (secondary N) is 2.